The van der Waals surface area contributed by atoms with Crippen LogP contribution in [-0.2, 0) is 11.3 Å². The van der Waals surface area contributed by atoms with Crippen molar-refractivity contribution in [3.05, 3.63) is 47.5 Å². The van der Waals surface area contributed by atoms with Crippen LogP contribution in [0.1, 0.15) is 34.1 Å². The summed E-state index contributed by atoms with van der Waals surface area (Å²) in [5.41, 5.74) is 3.24. The van der Waals surface area contributed by atoms with E-state index in [4.69, 9.17) is 19.2 Å². The molecule has 1 fully saturated rings. The number of pyridine rings is 2. The van der Waals surface area contributed by atoms with Crippen molar-refractivity contribution in [2.75, 3.05) is 32.3 Å². The molecule has 5 rings (SSSR count). The normalized spacial score (nSPS) is 19.6. The van der Waals surface area contributed by atoms with Crippen LogP contribution >= 0.6 is 0 Å². The monoisotopic (exact) mass is 503 g/mol. The Hall–Kier alpha value is -3.67. The lowest BCUT2D eigenvalue weighted by molar-refractivity contribution is -0.142. The summed E-state index contributed by atoms with van der Waals surface area (Å²) in [4.78, 5) is 24.3. The minimum absolute atomic E-state index is 0.0770. The quantitative estimate of drug-likeness (QED) is 0.503. The van der Waals surface area contributed by atoms with E-state index in [9.17, 15) is 18.0 Å². The number of hydrogen-bond donors (Lipinski definition) is 0. The van der Waals surface area contributed by atoms with Crippen molar-refractivity contribution in [2.45, 2.75) is 32.1 Å². The SMILES string of the molecule is COc1cc(-c2cc(C)c3c(n2)[C@H](C2CCOC2)N(c2cnn(CC(F)(F)F)c2)C3=O)cnc1OC. The van der Waals surface area contributed by atoms with E-state index < -0.39 is 18.8 Å². The van der Waals surface area contributed by atoms with Crippen LogP contribution in [0, 0.1) is 12.8 Å². The van der Waals surface area contributed by atoms with Crippen molar-refractivity contribution < 1.29 is 32.2 Å². The number of methoxy groups -OCH3 is 2. The number of carbonyl (C=O) groups excluding carboxylic acids is 1. The van der Waals surface area contributed by atoms with Gasteiger partial charge in [0.15, 0.2) is 5.75 Å². The number of halogens is 3. The lowest BCUT2D eigenvalue weighted by Crippen LogP contribution is -2.32. The number of hydrogen-bond acceptors (Lipinski definition) is 7. The van der Waals surface area contributed by atoms with Gasteiger partial charge in [-0.05, 0) is 31.0 Å². The van der Waals surface area contributed by atoms with E-state index in [1.807, 2.05) is 6.92 Å². The second-order valence-electron chi connectivity index (χ2n) is 8.78. The highest BCUT2D eigenvalue weighted by molar-refractivity contribution is 6.11. The van der Waals surface area contributed by atoms with E-state index >= 15 is 0 Å². The minimum Gasteiger partial charge on any atom is -0.491 e. The van der Waals surface area contributed by atoms with Crippen LogP contribution in [0.4, 0.5) is 18.9 Å². The lowest BCUT2D eigenvalue weighted by atomic mass is 9.93. The van der Waals surface area contributed by atoms with Gasteiger partial charge < -0.3 is 14.2 Å². The van der Waals surface area contributed by atoms with E-state index in [1.165, 1.54) is 31.5 Å². The molecule has 1 amide bonds. The van der Waals surface area contributed by atoms with Gasteiger partial charge in [-0.3, -0.25) is 14.4 Å². The van der Waals surface area contributed by atoms with Crippen LogP contribution in [0.3, 0.4) is 0 Å². The first-order valence-electron chi connectivity index (χ1n) is 11.3. The molecule has 190 valence electrons. The number of aryl methyl sites for hydroxylation is 1. The summed E-state index contributed by atoms with van der Waals surface area (Å²) in [6.07, 6.45) is 0.397. The Morgan fingerprint density at radius 1 is 1.19 bits per heavy atom. The Morgan fingerprint density at radius 2 is 2.00 bits per heavy atom. The molecule has 0 radical (unpaired) electrons. The first-order valence-corrected chi connectivity index (χ1v) is 11.3. The van der Waals surface area contributed by atoms with Crippen molar-refractivity contribution in [3.8, 4) is 22.9 Å². The largest absolute Gasteiger partial charge is 0.491 e. The Labute approximate surface area is 204 Å². The van der Waals surface area contributed by atoms with Gasteiger partial charge in [0, 0.05) is 30.5 Å². The molecule has 0 spiro atoms. The zero-order valence-corrected chi connectivity index (χ0v) is 19.9. The first-order chi connectivity index (χ1) is 17.2. The van der Waals surface area contributed by atoms with Crippen molar-refractivity contribution in [2.24, 2.45) is 5.92 Å². The highest BCUT2D eigenvalue weighted by Crippen LogP contribution is 2.45. The average Bonchev–Trinajstić information content (AvgIpc) is 3.57. The van der Waals surface area contributed by atoms with Crippen LogP contribution in [-0.4, -0.2) is 59.3 Å². The van der Waals surface area contributed by atoms with Gasteiger partial charge in [-0.15, -0.1) is 0 Å². The van der Waals surface area contributed by atoms with E-state index in [0.29, 0.717) is 59.3 Å². The van der Waals surface area contributed by atoms with Crippen LogP contribution in [0.15, 0.2) is 30.7 Å². The first kappa shape index (κ1) is 24.0. The van der Waals surface area contributed by atoms with E-state index in [2.05, 4.69) is 10.1 Å². The van der Waals surface area contributed by atoms with E-state index in [-0.39, 0.29) is 17.5 Å². The summed E-state index contributed by atoms with van der Waals surface area (Å²) >= 11 is 0. The zero-order valence-electron chi connectivity index (χ0n) is 19.9. The third-order valence-corrected chi connectivity index (χ3v) is 6.41. The van der Waals surface area contributed by atoms with Gasteiger partial charge in [-0.25, -0.2) is 9.97 Å². The molecule has 2 atom stereocenters. The number of fused-ring (bicyclic) bond motifs is 1. The fraction of sp³-hybridized carbons (Fsp3) is 0.417. The lowest BCUT2D eigenvalue weighted by Gasteiger charge is -2.27. The van der Waals surface area contributed by atoms with Crippen molar-refractivity contribution in [3.63, 3.8) is 0 Å². The van der Waals surface area contributed by atoms with Crippen LogP contribution in [0.2, 0.25) is 0 Å². The molecule has 3 aromatic rings. The fourth-order valence-corrected chi connectivity index (χ4v) is 4.84. The molecule has 3 aromatic heterocycles. The van der Waals surface area contributed by atoms with Crippen molar-refractivity contribution in [1.82, 2.24) is 19.7 Å². The molecule has 1 unspecified atom stereocenters. The number of ether oxygens (including phenoxy) is 3. The highest BCUT2D eigenvalue weighted by atomic mass is 19.4. The summed E-state index contributed by atoms with van der Waals surface area (Å²) < 4.78 is 55.7. The standard InChI is InChI=1S/C24H24F3N5O4/c1-13-6-17(15-7-18(34-2)22(35-3)28-8-15)30-20-19(13)23(33)32(21(20)14-4-5-36-11-14)16-9-29-31(10-16)12-24(25,26)27/h6-10,14,21H,4-5,11-12H2,1-3H3/t14?,21-/m0/s1. The molecule has 5 heterocycles. The average molecular weight is 503 g/mol. The zero-order chi connectivity index (χ0) is 25.6. The van der Waals surface area contributed by atoms with Gasteiger partial charge >= 0.3 is 6.18 Å². The van der Waals surface area contributed by atoms with Gasteiger partial charge in [0.1, 0.15) is 6.54 Å². The molecule has 0 aliphatic carbocycles. The third-order valence-electron chi connectivity index (χ3n) is 6.41. The number of rotatable bonds is 6. The maximum Gasteiger partial charge on any atom is 0.408 e. The maximum atomic E-state index is 13.6. The molecule has 0 aromatic carbocycles. The van der Waals surface area contributed by atoms with Crippen molar-refractivity contribution in [1.29, 1.82) is 0 Å². The van der Waals surface area contributed by atoms with Crippen LogP contribution < -0.4 is 14.4 Å². The summed E-state index contributed by atoms with van der Waals surface area (Å²) in [6, 6.07) is 3.03. The van der Waals surface area contributed by atoms with Crippen LogP contribution in [0.25, 0.3) is 11.3 Å². The third kappa shape index (κ3) is 4.25. The topological polar surface area (TPSA) is 91.6 Å². The highest BCUT2D eigenvalue weighted by Gasteiger charge is 2.46. The second-order valence-corrected chi connectivity index (χ2v) is 8.78. The molecule has 0 saturated carbocycles. The summed E-state index contributed by atoms with van der Waals surface area (Å²) in [6.45, 7) is 1.51. The molecule has 2 aliphatic heterocycles. The second kappa shape index (κ2) is 9.08. The van der Waals surface area contributed by atoms with Gasteiger partial charge in [-0.1, -0.05) is 0 Å². The number of anilines is 1. The Kier molecular flexibility index (Phi) is 6.07. The number of alkyl halides is 3. The number of nitrogens with zero attached hydrogens (tertiary/aromatic N) is 5. The molecule has 2 aliphatic rings. The Bertz CT molecular complexity index is 1300. The molecule has 1 saturated heterocycles. The summed E-state index contributed by atoms with van der Waals surface area (Å²) in [7, 11) is 3.00. The Morgan fingerprint density at radius 3 is 2.67 bits per heavy atom. The van der Waals surface area contributed by atoms with E-state index in [0.717, 1.165) is 4.68 Å². The molecule has 36 heavy (non-hydrogen) atoms. The number of carbonyl (C=O) groups is 1. The molecule has 9 nitrogen and oxygen atoms in total. The van der Waals surface area contributed by atoms with Gasteiger partial charge in [0.25, 0.3) is 11.8 Å². The number of amides is 1. The Balaban J connectivity index is 1.59. The molecular formula is C24H24F3N5O4. The molecule has 0 bridgehead atoms. The fourth-order valence-electron chi connectivity index (χ4n) is 4.84. The molecule has 0 N–H and O–H groups in total. The molecule has 12 heteroatoms. The number of aromatic nitrogens is 4. The summed E-state index contributed by atoms with van der Waals surface area (Å²) in [5, 5.41) is 3.84. The van der Waals surface area contributed by atoms with Crippen LogP contribution in [0.5, 0.6) is 11.6 Å². The predicted octanol–water partition coefficient (Wildman–Crippen LogP) is 3.97. The minimum atomic E-state index is -4.43. The maximum absolute atomic E-state index is 13.6. The van der Waals surface area contributed by atoms with Crippen molar-refractivity contribution >= 4 is 11.6 Å². The van der Waals surface area contributed by atoms with E-state index in [1.54, 1.807) is 18.3 Å². The predicted molar refractivity (Wildman–Crippen MR) is 122 cm³/mol. The van der Waals surface area contributed by atoms with Gasteiger partial charge in [0.05, 0.1) is 55.7 Å². The molecular weight excluding hydrogens is 479 g/mol. The summed E-state index contributed by atoms with van der Waals surface area (Å²) in [5.74, 6) is 0.366. The van der Waals surface area contributed by atoms with Gasteiger partial charge in [0.2, 0.25) is 0 Å². The van der Waals surface area contributed by atoms with Gasteiger partial charge in [-0.2, -0.15) is 18.3 Å². The smallest absolute Gasteiger partial charge is 0.408 e.